The van der Waals surface area contributed by atoms with Gasteiger partial charge in [-0.2, -0.15) is 8.78 Å². The van der Waals surface area contributed by atoms with Crippen LogP contribution in [0.2, 0.25) is 5.02 Å². The summed E-state index contributed by atoms with van der Waals surface area (Å²) in [6.07, 6.45) is 0.193. The molecule has 0 bridgehead atoms. The molecule has 2 amide bonds. The highest BCUT2D eigenvalue weighted by atomic mass is 35.5. The summed E-state index contributed by atoms with van der Waals surface area (Å²) in [6.45, 7) is 0. The first-order valence-corrected chi connectivity index (χ1v) is 7.39. The molecule has 23 heavy (non-hydrogen) atoms. The van der Waals surface area contributed by atoms with Crippen molar-refractivity contribution in [2.24, 2.45) is 0 Å². The van der Waals surface area contributed by atoms with E-state index in [9.17, 15) is 23.5 Å². The largest absolute Gasteiger partial charge is 0.383 e. The number of amides is 2. The highest BCUT2D eigenvalue weighted by Gasteiger charge is 2.61. The lowest BCUT2D eigenvalue weighted by Crippen LogP contribution is -2.59. The van der Waals surface area contributed by atoms with Crippen LogP contribution >= 0.6 is 11.6 Å². The summed E-state index contributed by atoms with van der Waals surface area (Å²) >= 11 is 5.92. The zero-order valence-corrected chi connectivity index (χ0v) is 13.5. The summed E-state index contributed by atoms with van der Waals surface area (Å²) in [5.74, 6) is -5.93. The Balaban J connectivity index is 2.22. The van der Waals surface area contributed by atoms with Crippen LogP contribution in [-0.2, 0) is 4.79 Å². The molecule has 1 aromatic rings. The van der Waals surface area contributed by atoms with Gasteiger partial charge in [-0.1, -0.05) is 11.6 Å². The van der Waals surface area contributed by atoms with Crippen LogP contribution in [-0.4, -0.2) is 47.4 Å². The van der Waals surface area contributed by atoms with E-state index in [2.05, 4.69) is 0 Å². The lowest BCUT2D eigenvalue weighted by molar-refractivity contribution is -0.212. The molecule has 8 heteroatoms. The molecule has 1 fully saturated rings. The molecule has 0 aromatic heterocycles. The molecule has 5 nitrogen and oxygen atoms in total. The highest BCUT2D eigenvalue weighted by Crippen LogP contribution is 2.44. The molecule has 0 atom stereocenters. The molecule has 1 aliphatic carbocycles. The normalized spacial score (nSPS) is 16.4. The smallest absolute Gasteiger partial charge is 0.352 e. The van der Waals surface area contributed by atoms with Crippen LogP contribution in [0, 0.1) is 0 Å². The molecule has 0 saturated heterocycles. The second kappa shape index (κ2) is 6.05. The number of nitrogens with zero attached hydrogens (tertiary/aromatic N) is 1. The fourth-order valence-electron chi connectivity index (χ4n) is 2.25. The average Bonchev–Trinajstić information content (AvgIpc) is 2.45. The molecule has 1 aromatic carbocycles. The predicted molar refractivity (Wildman–Crippen MR) is 81.8 cm³/mol. The van der Waals surface area contributed by atoms with Gasteiger partial charge in [-0.3, -0.25) is 9.59 Å². The standard InChI is InChI=1S/C15H17ClF2N2O3/c1-20(2)12(21)10-8-9(4-5-11(10)16)19-13(22)15(17,18)14(23)6-3-7-14/h4-5,8,23H,3,6-7H2,1-2H3,(H,19,22). The maximum absolute atomic E-state index is 14.0. The van der Waals surface area contributed by atoms with Gasteiger partial charge in [-0.15, -0.1) is 0 Å². The van der Waals surface area contributed by atoms with E-state index in [1.54, 1.807) is 0 Å². The van der Waals surface area contributed by atoms with Crippen LogP contribution in [0.5, 0.6) is 0 Å². The zero-order chi connectivity index (χ0) is 17.4. The average molecular weight is 347 g/mol. The summed E-state index contributed by atoms with van der Waals surface area (Å²) < 4.78 is 28.1. The molecular formula is C15H17ClF2N2O3. The van der Waals surface area contributed by atoms with Gasteiger partial charge in [0.05, 0.1) is 10.6 Å². The summed E-state index contributed by atoms with van der Waals surface area (Å²) in [5, 5.41) is 11.9. The van der Waals surface area contributed by atoms with Crippen molar-refractivity contribution in [3.05, 3.63) is 28.8 Å². The van der Waals surface area contributed by atoms with E-state index in [1.165, 1.54) is 37.2 Å². The van der Waals surface area contributed by atoms with E-state index in [1.807, 2.05) is 5.32 Å². The molecule has 0 aliphatic heterocycles. The van der Waals surface area contributed by atoms with Crippen LogP contribution in [0.25, 0.3) is 0 Å². The van der Waals surface area contributed by atoms with Gasteiger partial charge >= 0.3 is 5.92 Å². The van der Waals surface area contributed by atoms with Crippen molar-refractivity contribution < 1.29 is 23.5 Å². The molecule has 2 N–H and O–H groups in total. The van der Waals surface area contributed by atoms with Crippen molar-refractivity contribution in [2.45, 2.75) is 30.8 Å². The maximum Gasteiger partial charge on any atom is 0.352 e. The van der Waals surface area contributed by atoms with Gasteiger partial charge in [-0.05, 0) is 37.5 Å². The molecule has 1 aliphatic rings. The van der Waals surface area contributed by atoms with Crippen molar-refractivity contribution in [3.63, 3.8) is 0 Å². The van der Waals surface area contributed by atoms with Crippen LogP contribution in [0.4, 0.5) is 14.5 Å². The van der Waals surface area contributed by atoms with Crippen LogP contribution in [0.3, 0.4) is 0 Å². The minimum atomic E-state index is -3.91. The lowest BCUT2D eigenvalue weighted by atomic mass is 9.75. The van der Waals surface area contributed by atoms with Crippen molar-refractivity contribution in [1.82, 2.24) is 4.90 Å². The monoisotopic (exact) mass is 346 g/mol. The molecule has 0 radical (unpaired) electrons. The molecule has 0 spiro atoms. The third kappa shape index (κ3) is 3.16. The maximum atomic E-state index is 14.0. The summed E-state index contributed by atoms with van der Waals surface area (Å²) in [4.78, 5) is 25.1. The number of aliphatic hydroxyl groups is 1. The molecule has 2 rings (SSSR count). The Morgan fingerprint density at radius 2 is 1.96 bits per heavy atom. The van der Waals surface area contributed by atoms with E-state index < -0.39 is 23.3 Å². The number of halogens is 3. The van der Waals surface area contributed by atoms with E-state index in [4.69, 9.17) is 11.6 Å². The number of rotatable bonds is 4. The number of benzene rings is 1. The van der Waals surface area contributed by atoms with Crippen LogP contribution < -0.4 is 5.32 Å². The number of anilines is 1. The lowest BCUT2D eigenvalue weighted by Gasteiger charge is -2.41. The van der Waals surface area contributed by atoms with Crippen molar-refractivity contribution in [3.8, 4) is 0 Å². The predicted octanol–water partition coefficient (Wildman–Crippen LogP) is 2.53. The van der Waals surface area contributed by atoms with E-state index in [0.29, 0.717) is 6.42 Å². The first kappa shape index (κ1) is 17.6. The third-order valence-electron chi connectivity index (χ3n) is 3.91. The van der Waals surface area contributed by atoms with E-state index in [0.717, 1.165) is 0 Å². The first-order chi connectivity index (χ1) is 10.6. The van der Waals surface area contributed by atoms with Gasteiger partial charge < -0.3 is 15.3 Å². The minimum Gasteiger partial charge on any atom is -0.383 e. The Morgan fingerprint density at radius 3 is 2.43 bits per heavy atom. The SMILES string of the molecule is CN(C)C(=O)c1cc(NC(=O)C(F)(F)C2(O)CCC2)ccc1Cl. The summed E-state index contributed by atoms with van der Waals surface area (Å²) in [6, 6.07) is 3.88. The highest BCUT2D eigenvalue weighted by molar-refractivity contribution is 6.34. The Bertz CT molecular complexity index is 646. The Morgan fingerprint density at radius 1 is 1.35 bits per heavy atom. The van der Waals surface area contributed by atoms with Crippen LogP contribution in [0.1, 0.15) is 29.6 Å². The second-order valence-corrected chi connectivity index (χ2v) is 6.22. The number of carbonyl (C=O) groups is 2. The number of nitrogens with one attached hydrogen (secondary N) is 1. The molecular weight excluding hydrogens is 330 g/mol. The van der Waals surface area contributed by atoms with Gasteiger partial charge in [0.15, 0.2) is 0 Å². The van der Waals surface area contributed by atoms with Crippen molar-refractivity contribution >= 4 is 29.1 Å². The summed E-state index contributed by atoms with van der Waals surface area (Å²) in [7, 11) is 3.04. The third-order valence-corrected chi connectivity index (χ3v) is 4.24. The van der Waals surface area contributed by atoms with Gasteiger partial charge in [0.2, 0.25) is 0 Å². The topological polar surface area (TPSA) is 69.6 Å². The fraction of sp³-hybridized carbons (Fsp3) is 0.467. The minimum absolute atomic E-state index is 0.00667. The van der Waals surface area contributed by atoms with Gasteiger partial charge in [0, 0.05) is 19.8 Å². The zero-order valence-electron chi connectivity index (χ0n) is 12.7. The Hall–Kier alpha value is -1.73. The number of alkyl halides is 2. The van der Waals surface area contributed by atoms with E-state index in [-0.39, 0.29) is 29.1 Å². The molecule has 0 heterocycles. The Kier molecular flexibility index (Phi) is 4.64. The fourth-order valence-corrected chi connectivity index (χ4v) is 2.45. The van der Waals surface area contributed by atoms with Gasteiger partial charge in [0.1, 0.15) is 5.60 Å². The summed E-state index contributed by atoms with van der Waals surface area (Å²) in [5.41, 5.74) is -2.21. The van der Waals surface area contributed by atoms with Crippen molar-refractivity contribution in [1.29, 1.82) is 0 Å². The molecule has 0 unspecified atom stereocenters. The first-order valence-electron chi connectivity index (χ1n) is 7.01. The quantitative estimate of drug-likeness (QED) is 0.880. The number of carbonyl (C=O) groups excluding carboxylic acids is 2. The molecule has 1 saturated carbocycles. The second-order valence-electron chi connectivity index (χ2n) is 5.81. The number of hydrogen-bond acceptors (Lipinski definition) is 3. The van der Waals surface area contributed by atoms with Crippen LogP contribution in [0.15, 0.2) is 18.2 Å². The number of hydrogen-bond donors (Lipinski definition) is 2. The van der Waals surface area contributed by atoms with Crippen molar-refractivity contribution in [2.75, 3.05) is 19.4 Å². The van der Waals surface area contributed by atoms with Gasteiger partial charge in [-0.25, -0.2) is 0 Å². The van der Waals surface area contributed by atoms with E-state index >= 15 is 0 Å². The van der Waals surface area contributed by atoms with Gasteiger partial charge in [0.25, 0.3) is 11.8 Å². The Labute approximate surface area is 137 Å². The molecule has 126 valence electrons.